The number of rotatable bonds is 6. The van der Waals surface area contributed by atoms with Gasteiger partial charge < -0.3 is 10.0 Å². The summed E-state index contributed by atoms with van der Waals surface area (Å²) in [5, 5.41) is 11.6. The molecular weight excluding hydrogens is 392 g/mol. The summed E-state index contributed by atoms with van der Waals surface area (Å²) in [6, 6.07) is 11.1. The number of thioether (sulfide) groups is 1. The molecule has 5 nitrogen and oxygen atoms in total. The number of hydrogen-bond donors (Lipinski definition) is 1. The SMILES string of the molecule is CCCC(C(=O)O)N1C(=O)/C(=C/c2ccc(N(C)C)c3ccccc23)SC1=S. The Morgan fingerprint density at radius 3 is 2.54 bits per heavy atom. The highest BCUT2D eigenvalue weighted by Crippen LogP contribution is 2.37. The number of carbonyl (C=O) groups excluding carboxylic acids is 1. The van der Waals surface area contributed by atoms with Crippen LogP contribution in [0.2, 0.25) is 0 Å². The summed E-state index contributed by atoms with van der Waals surface area (Å²) in [7, 11) is 3.98. The minimum absolute atomic E-state index is 0.298. The van der Waals surface area contributed by atoms with Crippen LogP contribution in [-0.4, -0.2) is 46.3 Å². The summed E-state index contributed by atoms with van der Waals surface area (Å²) in [5.41, 5.74) is 2.00. The minimum atomic E-state index is -1.03. The van der Waals surface area contributed by atoms with Crippen molar-refractivity contribution in [1.82, 2.24) is 4.90 Å². The summed E-state index contributed by atoms with van der Waals surface area (Å²) >= 11 is 6.49. The van der Waals surface area contributed by atoms with Crippen molar-refractivity contribution in [2.75, 3.05) is 19.0 Å². The summed E-state index contributed by atoms with van der Waals surface area (Å²) in [6.45, 7) is 1.89. The number of benzene rings is 2. The van der Waals surface area contributed by atoms with Crippen molar-refractivity contribution < 1.29 is 14.7 Å². The second-order valence-corrected chi connectivity index (χ2v) is 8.48. The molecule has 3 rings (SSSR count). The molecule has 1 N–H and O–H groups in total. The molecule has 0 bridgehead atoms. The lowest BCUT2D eigenvalue weighted by atomic mass is 10.0. The first-order valence-corrected chi connectivity index (χ1v) is 10.3. The number of hydrogen-bond acceptors (Lipinski definition) is 5. The standard InChI is InChI=1S/C21H22N2O3S2/c1-4-7-17(20(25)26)23-19(24)18(28-21(23)27)12-13-10-11-16(22(2)3)15-9-6-5-8-14(13)15/h5-6,8-12,17H,4,7H2,1-3H3,(H,25,26)/b18-12-. The zero-order chi connectivity index (χ0) is 20.4. The van der Waals surface area contributed by atoms with Gasteiger partial charge >= 0.3 is 5.97 Å². The molecule has 0 aliphatic carbocycles. The second kappa shape index (κ2) is 8.32. The van der Waals surface area contributed by atoms with Gasteiger partial charge in [0.2, 0.25) is 0 Å². The first-order chi connectivity index (χ1) is 13.3. The molecule has 1 aliphatic heterocycles. The molecule has 2 aromatic carbocycles. The maximum atomic E-state index is 12.9. The van der Waals surface area contributed by atoms with E-state index in [2.05, 4.69) is 6.07 Å². The largest absolute Gasteiger partial charge is 0.480 e. The van der Waals surface area contributed by atoms with Crippen LogP contribution in [0.3, 0.4) is 0 Å². The third-order valence-corrected chi connectivity index (χ3v) is 6.02. The highest BCUT2D eigenvalue weighted by atomic mass is 32.2. The number of aliphatic carboxylic acids is 1. The van der Waals surface area contributed by atoms with E-state index in [1.54, 1.807) is 0 Å². The van der Waals surface area contributed by atoms with E-state index in [1.807, 2.05) is 62.3 Å². The molecule has 2 aromatic rings. The fourth-order valence-corrected chi connectivity index (χ4v) is 4.70. The molecule has 146 valence electrons. The maximum absolute atomic E-state index is 12.9. The van der Waals surface area contributed by atoms with Crippen LogP contribution in [0.4, 0.5) is 5.69 Å². The molecule has 0 saturated carbocycles. The Kier molecular flexibility index (Phi) is 6.05. The maximum Gasteiger partial charge on any atom is 0.326 e. The molecule has 28 heavy (non-hydrogen) atoms. The van der Waals surface area contributed by atoms with Crippen LogP contribution in [0, 0.1) is 0 Å². The molecule has 0 radical (unpaired) electrons. The van der Waals surface area contributed by atoms with E-state index >= 15 is 0 Å². The summed E-state index contributed by atoms with van der Waals surface area (Å²) < 4.78 is 0.298. The minimum Gasteiger partial charge on any atom is -0.480 e. The number of nitrogens with zero attached hydrogens (tertiary/aromatic N) is 2. The fourth-order valence-electron chi connectivity index (χ4n) is 3.35. The van der Waals surface area contributed by atoms with Crippen molar-refractivity contribution in [2.24, 2.45) is 0 Å². The van der Waals surface area contributed by atoms with E-state index in [1.165, 1.54) is 4.90 Å². The lowest BCUT2D eigenvalue weighted by molar-refractivity contribution is -0.145. The molecule has 0 spiro atoms. The summed E-state index contributed by atoms with van der Waals surface area (Å²) in [4.78, 5) is 28.3. The first kappa shape index (κ1) is 20.4. The highest BCUT2D eigenvalue weighted by Gasteiger charge is 2.40. The highest BCUT2D eigenvalue weighted by molar-refractivity contribution is 8.26. The number of fused-ring (bicyclic) bond motifs is 1. The summed E-state index contributed by atoms with van der Waals surface area (Å²) in [6.07, 6.45) is 2.84. The third kappa shape index (κ3) is 3.77. The number of anilines is 1. The van der Waals surface area contributed by atoms with Gasteiger partial charge in [-0.25, -0.2) is 4.79 Å². The van der Waals surface area contributed by atoms with Crippen molar-refractivity contribution >= 4 is 62.7 Å². The topological polar surface area (TPSA) is 60.9 Å². The van der Waals surface area contributed by atoms with Crippen LogP contribution in [0.15, 0.2) is 41.3 Å². The normalized spacial score (nSPS) is 16.8. The zero-order valence-electron chi connectivity index (χ0n) is 16.0. The lowest BCUT2D eigenvalue weighted by Gasteiger charge is -2.22. The first-order valence-electron chi connectivity index (χ1n) is 9.04. The molecule has 1 saturated heterocycles. The van der Waals surface area contributed by atoms with Crippen molar-refractivity contribution in [1.29, 1.82) is 0 Å². The van der Waals surface area contributed by atoms with Crippen LogP contribution in [0.25, 0.3) is 16.8 Å². The van der Waals surface area contributed by atoms with Crippen LogP contribution < -0.4 is 4.90 Å². The van der Waals surface area contributed by atoms with Gasteiger partial charge in [-0.05, 0) is 29.5 Å². The van der Waals surface area contributed by atoms with E-state index in [4.69, 9.17) is 12.2 Å². The molecule has 1 heterocycles. The Bertz CT molecular complexity index is 985. The Morgan fingerprint density at radius 1 is 1.25 bits per heavy atom. The van der Waals surface area contributed by atoms with Crippen molar-refractivity contribution in [3.05, 3.63) is 46.9 Å². The zero-order valence-corrected chi connectivity index (χ0v) is 17.6. The molecular formula is C21H22N2O3S2. The van der Waals surface area contributed by atoms with Gasteiger partial charge in [0.25, 0.3) is 5.91 Å². The van der Waals surface area contributed by atoms with E-state index in [0.717, 1.165) is 33.8 Å². The van der Waals surface area contributed by atoms with Crippen LogP contribution >= 0.6 is 24.0 Å². The van der Waals surface area contributed by atoms with E-state index < -0.39 is 12.0 Å². The molecule has 0 aromatic heterocycles. The molecule has 1 aliphatic rings. The van der Waals surface area contributed by atoms with Gasteiger partial charge in [0, 0.05) is 25.2 Å². The van der Waals surface area contributed by atoms with Gasteiger partial charge in [0.05, 0.1) is 4.91 Å². The third-order valence-electron chi connectivity index (χ3n) is 4.69. The van der Waals surface area contributed by atoms with Crippen molar-refractivity contribution in [3.63, 3.8) is 0 Å². The van der Waals surface area contributed by atoms with Gasteiger partial charge in [-0.15, -0.1) is 0 Å². The van der Waals surface area contributed by atoms with Crippen LogP contribution in [-0.2, 0) is 9.59 Å². The molecule has 1 fully saturated rings. The number of carbonyl (C=O) groups is 2. The van der Waals surface area contributed by atoms with Gasteiger partial charge in [-0.2, -0.15) is 0 Å². The van der Waals surface area contributed by atoms with E-state index in [0.29, 0.717) is 22.1 Å². The Morgan fingerprint density at radius 2 is 1.93 bits per heavy atom. The molecule has 7 heteroatoms. The van der Waals surface area contributed by atoms with Crippen LogP contribution in [0.5, 0.6) is 0 Å². The van der Waals surface area contributed by atoms with E-state index in [-0.39, 0.29) is 5.91 Å². The number of carboxylic acids is 1. The van der Waals surface area contributed by atoms with E-state index in [9.17, 15) is 14.7 Å². The predicted molar refractivity (Wildman–Crippen MR) is 120 cm³/mol. The average Bonchev–Trinajstić information content (AvgIpc) is 2.93. The lowest BCUT2D eigenvalue weighted by Crippen LogP contribution is -2.43. The summed E-state index contributed by atoms with van der Waals surface area (Å²) in [5.74, 6) is -1.36. The van der Waals surface area contributed by atoms with Crippen molar-refractivity contribution in [3.8, 4) is 0 Å². The molecule has 1 unspecified atom stereocenters. The molecule has 1 atom stereocenters. The smallest absolute Gasteiger partial charge is 0.326 e. The second-order valence-electron chi connectivity index (χ2n) is 6.81. The van der Waals surface area contributed by atoms with Gasteiger partial charge in [0.1, 0.15) is 10.4 Å². The Hall–Kier alpha value is -2.38. The predicted octanol–water partition coefficient (Wildman–Crippen LogP) is 4.36. The number of carboxylic acid groups (broad SMARTS) is 1. The monoisotopic (exact) mass is 414 g/mol. The van der Waals surface area contributed by atoms with Crippen LogP contribution in [0.1, 0.15) is 25.3 Å². The molecule has 1 amide bonds. The van der Waals surface area contributed by atoms with Gasteiger partial charge in [-0.3, -0.25) is 9.69 Å². The average molecular weight is 415 g/mol. The Balaban J connectivity index is 2.03. The number of thiocarbonyl (C=S) groups is 1. The fraction of sp³-hybridized carbons (Fsp3) is 0.286. The van der Waals surface area contributed by atoms with Gasteiger partial charge in [-0.1, -0.05) is 67.7 Å². The van der Waals surface area contributed by atoms with Crippen molar-refractivity contribution in [2.45, 2.75) is 25.8 Å². The quantitative estimate of drug-likeness (QED) is 0.560. The van der Waals surface area contributed by atoms with Gasteiger partial charge in [0.15, 0.2) is 0 Å². The number of amides is 1. The Labute approximate surface area is 174 Å².